The van der Waals surface area contributed by atoms with Crippen molar-refractivity contribution in [3.63, 3.8) is 0 Å². The molecule has 1 amide bonds. The fourth-order valence-electron chi connectivity index (χ4n) is 3.10. The summed E-state index contributed by atoms with van der Waals surface area (Å²) >= 11 is 0. The van der Waals surface area contributed by atoms with Gasteiger partial charge < -0.3 is 20.7 Å². The van der Waals surface area contributed by atoms with Crippen LogP contribution in [0, 0.1) is 0 Å². The van der Waals surface area contributed by atoms with E-state index in [9.17, 15) is 4.79 Å². The van der Waals surface area contributed by atoms with Gasteiger partial charge in [-0.3, -0.25) is 4.79 Å². The van der Waals surface area contributed by atoms with Crippen LogP contribution in [0.3, 0.4) is 0 Å². The lowest BCUT2D eigenvalue weighted by molar-refractivity contribution is -0.123. The van der Waals surface area contributed by atoms with Crippen LogP contribution in [-0.2, 0) is 17.8 Å². The molecule has 0 unspecified atom stereocenters. The van der Waals surface area contributed by atoms with E-state index < -0.39 is 18.6 Å². The molecular weight excluding hydrogens is 404 g/mol. The Morgan fingerprint density at radius 1 is 1.10 bits per heavy atom. The van der Waals surface area contributed by atoms with E-state index >= 15 is 0 Å². The molecule has 0 saturated heterocycles. The summed E-state index contributed by atoms with van der Waals surface area (Å²) in [5, 5.41) is 15.4. The van der Waals surface area contributed by atoms with Gasteiger partial charge in [-0.25, -0.2) is 0 Å². The lowest BCUT2D eigenvalue weighted by Gasteiger charge is -2.06. The average Bonchev–Trinajstić information content (AvgIpc) is 3.22. The number of nitrogens with one attached hydrogen (secondary N) is 1. The molecule has 0 aliphatic carbocycles. The van der Waals surface area contributed by atoms with Crippen LogP contribution in [0.5, 0.6) is 0 Å². The first-order chi connectivity index (χ1) is 14.1. The number of amides is 1. The first-order valence-electron chi connectivity index (χ1n) is 10.7. The number of carbonyl (C=O) groups is 1. The van der Waals surface area contributed by atoms with Crippen molar-refractivity contribution >= 4 is 18.3 Å². The van der Waals surface area contributed by atoms with E-state index in [0.29, 0.717) is 11.7 Å². The van der Waals surface area contributed by atoms with Gasteiger partial charge in [-0.2, -0.15) is 4.98 Å². The molecule has 2 aromatic rings. The maximum absolute atomic E-state index is 11.6. The van der Waals surface area contributed by atoms with Crippen LogP contribution in [0.1, 0.15) is 69.7 Å². The highest BCUT2D eigenvalue weighted by Crippen LogP contribution is 2.18. The molecule has 168 valence electrons. The van der Waals surface area contributed by atoms with Gasteiger partial charge in [0.05, 0.1) is 13.2 Å². The zero-order chi connectivity index (χ0) is 20.9. The van der Waals surface area contributed by atoms with Crippen molar-refractivity contribution in [2.45, 2.75) is 77.3 Å². The van der Waals surface area contributed by atoms with Crippen molar-refractivity contribution < 1.29 is 14.4 Å². The summed E-state index contributed by atoms with van der Waals surface area (Å²) in [4.78, 5) is 15.9. The number of hydrogen-bond donors (Lipinski definition) is 3. The van der Waals surface area contributed by atoms with Crippen molar-refractivity contribution in [1.29, 1.82) is 0 Å². The Balaban J connectivity index is 0.00000450. The molecule has 30 heavy (non-hydrogen) atoms. The van der Waals surface area contributed by atoms with E-state index in [0.717, 1.165) is 12.0 Å². The summed E-state index contributed by atoms with van der Waals surface area (Å²) in [5.41, 5.74) is 7.63. The maximum atomic E-state index is 11.6. The maximum Gasteiger partial charge on any atom is 0.246 e. The molecule has 4 N–H and O–H groups in total. The number of halogens is 1. The summed E-state index contributed by atoms with van der Waals surface area (Å²) < 4.78 is 5.16. The standard InChI is InChI=1S/C22H34N4O3.ClH/c1-2-3-4-5-6-7-8-9-10-17-11-13-18(14-12-17)21-25-20(29-26-21)15-24-22(28)19(23)16-27;/h11-14,19,27H,2-10,15-16,23H2,1H3,(H,24,28);1H/t19-;/m0./s1. The van der Waals surface area contributed by atoms with Crippen molar-refractivity contribution in [1.82, 2.24) is 15.5 Å². The highest BCUT2D eigenvalue weighted by molar-refractivity contribution is 5.85. The van der Waals surface area contributed by atoms with Gasteiger partial charge in [0.2, 0.25) is 17.6 Å². The van der Waals surface area contributed by atoms with Crippen molar-refractivity contribution in [2.75, 3.05) is 6.61 Å². The van der Waals surface area contributed by atoms with Crippen molar-refractivity contribution in [3.8, 4) is 11.4 Å². The summed E-state index contributed by atoms with van der Waals surface area (Å²) in [7, 11) is 0. The normalized spacial score (nSPS) is 11.7. The van der Waals surface area contributed by atoms with E-state index in [1.165, 1.54) is 56.9 Å². The molecule has 0 bridgehead atoms. The third-order valence-electron chi connectivity index (χ3n) is 4.95. The van der Waals surface area contributed by atoms with Crippen LogP contribution in [0.15, 0.2) is 28.8 Å². The lowest BCUT2D eigenvalue weighted by Crippen LogP contribution is -2.42. The highest BCUT2D eigenvalue weighted by atomic mass is 35.5. The molecule has 0 radical (unpaired) electrons. The Labute approximate surface area is 185 Å². The van der Waals surface area contributed by atoms with Crippen molar-refractivity contribution in [2.24, 2.45) is 5.73 Å². The number of rotatable bonds is 14. The monoisotopic (exact) mass is 438 g/mol. The smallest absolute Gasteiger partial charge is 0.246 e. The molecular formula is C22H35ClN4O3. The predicted molar refractivity (Wildman–Crippen MR) is 120 cm³/mol. The Morgan fingerprint density at radius 3 is 2.37 bits per heavy atom. The van der Waals surface area contributed by atoms with Crippen LogP contribution in [-0.4, -0.2) is 33.8 Å². The van der Waals surface area contributed by atoms with E-state index in [1.807, 2.05) is 12.1 Å². The van der Waals surface area contributed by atoms with Gasteiger partial charge in [-0.05, 0) is 18.4 Å². The number of nitrogens with two attached hydrogens (primary N) is 1. The molecule has 7 nitrogen and oxygen atoms in total. The van der Waals surface area contributed by atoms with Gasteiger partial charge in [-0.15, -0.1) is 12.4 Å². The Kier molecular flexibility index (Phi) is 13.0. The minimum atomic E-state index is -0.953. The van der Waals surface area contributed by atoms with E-state index in [-0.39, 0.29) is 19.0 Å². The molecule has 0 saturated carbocycles. The van der Waals surface area contributed by atoms with Crippen LogP contribution >= 0.6 is 12.4 Å². The fourth-order valence-corrected chi connectivity index (χ4v) is 3.10. The molecule has 0 aliphatic heterocycles. The predicted octanol–water partition coefficient (Wildman–Crippen LogP) is 3.78. The molecule has 0 spiro atoms. The number of hydrogen-bond acceptors (Lipinski definition) is 6. The molecule has 8 heteroatoms. The second-order valence-electron chi connectivity index (χ2n) is 7.44. The zero-order valence-electron chi connectivity index (χ0n) is 17.8. The molecule has 0 fully saturated rings. The van der Waals surface area contributed by atoms with Gasteiger partial charge >= 0.3 is 0 Å². The highest BCUT2D eigenvalue weighted by Gasteiger charge is 2.14. The summed E-state index contributed by atoms with van der Waals surface area (Å²) in [5.74, 6) is 0.318. The van der Waals surface area contributed by atoms with Crippen LogP contribution in [0.4, 0.5) is 0 Å². The van der Waals surface area contributed by atoms with Gasteiger partial charge in [0.15, 0.2) is 0 Å². The number of aryl methyl sites for hydroxylation is 1. The Bertz CT molecular complexity index is 721. The van der Waals surface area contributed by atoms with Crippen LogP contribution in [0.25, 0.3) is 11.4 Å². The molecule has 2 rings (SSSR count). The number of aliphatic hydroxyl groups is 1. The summed E-state index contributed by atoms with van der Waals surface area (Å²) in [6.45, 7) is 1.92. The first kappa shape index (κ1) is 26.1. The quantitative estimate of drug-likeness (QED) is 0.387. The largest absolute Gasteiger partial charge is 0.394 e. The lowest BCUT2D eigenvalue weighted by atomic mass is 10.0. The Hall–Kier alpha value is -1.96. The van der Waals surface area contributed by atoms with E-state index in [4.69, 9.17) is 15.4 Å². The van der Waals surface area contributed by atoms with Crippen molar-refractivity contribution in [3.05, 3.63) is 35.7 Å². The number of unbranched alkanes of at least 4 members (excludes halogenated alkanes) is 7. The van der Waals surface area contributed by atoms with E-state index in [2.05, 4.69) is 34.5 Å². The number of aliphatic hydroxyl groups excluding tert-OH is 1. The number of benzene rings is 1. The van der Waals surface area contributed by atoms with Crippen LogP contribution in [0.2, 0.25) is 0 Å². The third-order valence-corrected chi connectivity index (χ3v) is 4.95. The second-order valence-corrected chi connectivity index (χ2v) is 7.44. The molecule has 0 aliphatic rings. The fraction of sp³-hybridized carbons (Fsp3) is 0.591. The molecule has 1 aromatic carbocycles. The minimum absolute atomic E-state index is 0. The topological polar surface area (TPSA) is 114 Å². The minimum Gasteiger partial charge on any atom is -0.394 e. The van der Waals surface area contributed by atoms with Gasteiger partial charge in [0.1, 0.15) is 6.04 Å². The first-order valence-corrected chi connectivity index (χ1v) is 10.7. The number of nitrogens with zero attached hydrogens (tertiary/aromatic N) is 2. The summed E-state index contributed by atoms with van der Waals surface area (Å²) in [6.07, 6.45) is 11.7. The van der Waals surface area contributed by atoms with Crippen LogP contribution < -0.4 is 11.1 Å². The molecule has 1 aromatic heterocycles. The second kappa shape index (κ2) is 14.9. The Morgan fingerprint density at radius 2 is 1.73 bits per heavy atom. The van der Waals surface area contributed by atoms with Gasteiger partial charge in [0.25, 0.3) is 0 Å². The molecule has 1 heterocycles. The number of carbonyl (C=O) groups excluding carboxylic acids is 1. The average molecular weight is 439 g/mol. The zero-order valence-corrected chi connectivity index (χ0v) is 18.6. The van der Waals surface area contributed by atoms with Gasteiger partial charge in [0, 0.05) is 5.56 Å². The number of aromatic nitrogens is 2. The third kappa shape index (κ3) is 9.24. The van der Waals surface area contributed by atoms with Gasteiger partial charge in [-0.1, -0.05) is 81.3 Å². The molecule has 1 atom stereocenters. The van der Waals surface area contributed by atoms with E-state index in [1.54, 1.807) is 0 Å². The SMILES string of the molecule is CCCCCCCCCCc1ccc(-c2noc(CNC(=O)[C@@H](N)CO)n2)cc1.Cl. The summed E-state index contributed by atoms with van der Waals surface area (Å²) in [6, 6.07) is 7.25.